The summed E-state index contributed by atoms with van der Waals surface area (Å²) in [6, 6.07) is 19.8. The molecule has 0 saturated carbocycles. The molecule has 2 heterocycles. The van der Waals surface area contributed by atoms with E-state index in [0.717, 1.165) is 6.54 Å². The van der Waals surface area contributed by atoms with Crippen LogP contribution in [0.3, 0.4) is 0 Å². The second kappa shape index (κ2) is 4.60. The van der Waals surface area contributed by atoms with Crippen molar-refractivity contribution in [3.63, 3.8) is 0 Å². The van der Waals surface area contributed by atoms with Gasteiger partial charge in [0.1, 0.15) is 0 Å². The van der Waals surface area contributed by atoms with E-state index in [4.69, 9.17) is 0 Å². The standard InChI is InChI=1S/C19H22N2/c1-19-12-13-20(2)18(19)21(14-15-8-4-3-5-9-15)17-11-7-6-10-16(17)19/h3-11,18H,12-14H2,1-2H3/t18-,19+/m1/s1. The highest BCUT2D eigenvalue weighted by molar-refractivity contribution is 5.65. The van der Waals surface area contributed by atoms with Gasteiger partial charge in [0.2, 0.25) is 0 Å². The molecule has 0 unspecified atom stereocenters. The van der Waals surface area contributed by atoms with E-state index < -0.39 is 0 Å². The first-order valence-corrected chi connectivity index (χ1v) is 7.80. The van der Waals surface area contributed by atoms with E-state index in [-0.39, 0.29) is 5.41 Å². The Labute approximate surface area is 127 Å². The fraction of sp³-hybridized carbons (Fsp3) is 0.368. The molecule has 2 heteroatoms. The molecule has 0 bridgehead atoms. The van der Waals surface area contributed by atoms with E-state index in [9.17, 15) is 0 Å². The molecule has 4 rings (SSSR count). The molecule has 1 saturated heterocycles. The van der Waals surface area contributed by atoms with Crippen LogP contribution in [-0.4, -0.2) is 24.7 Å². The summed E-state index contributed by atoms with van der Waals surface area (Å²) in [5.41, 5.74) is 4.59. The maximum Gasteiger partial charge on any atom is 0.0918 e. The summed E-state index contributed by atoms with van der Waals surface area (Å²) in [5, 5.41) is 0. The van der Waals surface area contributed by atoms with Gasteiger partial charge in [0.25, 0.3) is 0 Å². The number of hydrogen-bond donors (Lipinski definition) is 0. The van der Waals surface area contributed by atoms with Crippen LogP contribution in [0.25, 0.3) is 0 Å². The molecular weight excluding hydrogens is 256 g/mol. The fourth-order valence-corrected chi connectivity index (χ4v) is 4.29. The van der Waals surface area contributed by atoms with Gasteiger partial charge in [-0.2, -0.15) is 0 Å². The average molecular weight is 278 g/mol. The van der Waals surface area contributed by atoms with E-state index in [1.165, 1.54) is 29.8 Å². The Bertz CT molecular complexity index is 652. The maximum atomic E-state index is 2.59. The highest BCUT2D eigenvalue weighted by atomic mass is 15.4. The molecular formula is C19H22N2. The van der Waals surface area contributed by atoms with Crippen molar-refractivity contribution in [3.05, 3.63) is 65.7 Å². The van der Waals surface area contributed by atoms with Gasteiger partial charge in [-0.05, 0) is 30.7 Å². The second-order valence-corrected chi connectivity index (χ2v) is 6.65. The molecule has 2 nitrogen and oxygen atoms in total. The van der Waals surface area contributed by atoms with Crippen LogP contribution >= 0.6 is 0 Å². The number of likely N-dealkylation sites (N-methyl/N-ethyl adjacent to an activating group) is 1. The van der Waals surface area contributed by atoms with E-state index in [1.807, 2.05) is 0 Å². The molecule has 0 N–H and O–H groups in total. The molecule has 0 aliphatic carbocycles. The summed E-state index contributed by atoms with van der Waals surface area (Å²) in [6.45, 7) is 4.61. The van der Waals surface area contributed by atoms with Crippen LogP contribution < -0.4 is 4.90 Å². The molecule has 108 valence electrons. The molecule has 2 aliphatic rings. The van der Waals surface area contributed by atoms with Crippen LogP contribution in [-0.2, 0) is 12.0 Å². The highest BCUT2D eigenvalue weighted by Crippen LogP contribution is 2.51. The Morgan fingerprint density at radius 2 is 1.76 bits per heavy atom. The van der Waals surface area contributed by atoms with Gasteiger partial charge < -0.3 is 4.90 Å². The molecule has 2 aliphatic heterocycles. The van der Waals surface area contributed by atoms with Gasteiger partial charge in [0, 0.05) is 24.2 Å². The zero-order valence-corrected chi connectivity index (χ0v) is 12.8. The summed E-state index contributed by atoms with van der Waals surface area (Å²) in [5.74, 6) is 0. The monoisotopic (exact) mass is 278 g/mol. The van der Waals surface area contributed by atoms with Crippen molar-refractivity contribution >= 4 is 5.69 Å². The number of likely N-dealkylation sites (tertiary alicyclic amines) is 1. The van der Waals surface area contributed by atoms with Gasteiger partial charge in [-0.3, -0.25) is 4.90 Å². The Morgan fingerprint density at radius 1 is 1.05 bits per heavy atom. The Hall–Kier alpha value is -1.80. The van der Waals surface area contributed by atoms with Crippen LogP contribution in [0.2, 0.25) is 0 Å². The van der Waals surface area contributed by atoms with Crippen LogP contribution in [0.5, 0.6) is 0 Å². The minimum Gasteiger partial charge on any atom is -0.350 e. The number of hydrogen-bond acceptors (Lipinski definition) is 2. The van der Waals surface area contributed by atoms with Gasteiger partial charge in [0.05, 0.1) is 6.17 Å². The second-order valence-electron chi connectivity index (χ2n) is 6.65. The van der Waals surface area contributed by atoms with Gasteiger partial charge in [-0.15, -0.1) is 0 Å². The van der Waals surface area contributed by atoms with Crippen LogP contribution in [0.15, 0.2) is 54.6 Å². The molecule has 0 aromatic heterocycles. The number of para-hydroxylation sites is 1. The lowest BCUT2D eigenvalue weighted by Crippen LogP contribution is -2.46. The number of nitrogens with zero attached hydrogens (tertiary/aromatic N) is 2. The molecule has 0 radical (unpaired) electrons. The van der Waals surface area contributed by atoms with Crippen LogP contribution in [0, 0.1) is 0 Å². The Morgan fingerprint density at radius 3 is 2.57 bits per heavy atom. The topological polar surface area (TPSA) is 6.48 Å². The van der Waals surface area contributed by atoms with Gasteiger partial charge >= 0.3 is 0 Å². The first-order valence-electron chi connectivity index (χ1n) is 7.80. The summed E-state index contributed by atoms with van der Waals surface area (Å²) < 4.78 is 0. The molecule has 2 aromatic rings. The average Bonchev–Trinajstić information content (AvgIpc) is 2.95. The largest absolute Gasteiger partial charge is 0.350 e. The van der Waals surface area contributed by atoms with Crippen molar-refractivity contribution in [2.24, 2.45) is 0 Å². The quantitative estimate of drug-likeness (QED) is 0.827. The number of rotatable bonds is 2. The Kier molecular flexibility index (Phi) is 2.83. The predicted molar refractivity (Wildman–Crippen MR) is 87.5 cm³/mol. The minimum absolute atomic E-state index is 0.264. The fourth-order valence-electron chi connectivity index (χ4n) is 4.29. The highest BCUT2D eigenvalue weighted by Gasteiger charge is 2.52. The zero-order chi connectivity index (χ0) is 14.4. The third-order valence-corrected chi connectivity index (χ3v) is 5.29. The summed E-state index contributed by atoms with van der Waals surface area (Å²) >= 11 is 0. The van der Waals surface area contributed by atoms with Crippen molar-refractivity contribution < 1.29 is 0 Å². The Balaban J connectivity index is 1.79. The normalized spacial score (nSPS) is 27.7. The molecule has 2 atom stereocenters. The molecule has 0 amide bonds. The molecule has 2 aromatic carbocycles. The van der Waals surface area contributed by atoms with Crippen molar-refractivity contribution in [2.45, 2.75) is 31.5 Å². The van der Waals surface area contributed by atoms with E-state index in [0.29, 0.717) is 6.17 Å². The zero-order valence-electron chi connectivity index (χ0n) is 12.8. The van der Waals surface area contributed by atoms with E-state index in [2.05, 4.69) is 78.4 Å². The van der Waals surface area contributed by atoms with Crippen molar-refractivity contribution in [1.82, 2.24) is 4.90 Å². The van der Waals surface area contributed by atoms with Crippen molar-refractivity contribution in [2.75, 3.05) is 18.5 Å². The third kappa shape index (κ3) is 1.82. The van der Waals surface area contributed by atoms with E-state index >= 15 is 0 Å². The van der Waals surface area contributed by atoms with Gasteiger partial charge in [-0.1, -0.05) is 55.5 Å². The number of benzene rings is 2. The lowest BCUT2D eigenvalue weighted by Gasteiger charge is -2.35. The predicted octanol–water partition coefficient (Wildman–Crippen LogP) is 3.63. The summed E-state index contributed by atoms with van der Waals surface area (Å²) in [4.78, 5) is 5.11. The minimum atomic E-state index is 0.264. The van der Waals surface area contributed by atoms with Crippen molar-refractivity contribution in [3.8, 4) is 0 Å². The third-order valence-electron chi connectivity index (χ3n) is 5.29. The SMILES string of the molecule is CN1CC[C@@]2(C)c3ccccc3N(Cc3ccccc3)[C@@H]12. The lowest BCUT2D eigenvalue weighted by atomic mass is 9.81. The number of fused-ring (bicyclic) bond motifs is 3. The lowest BCUT2D eigenvalue weighted by molar-refractivity contribution is 0.259. The van der Waals surface area contributed by atoms with Crippen LogP contribution in [0.4, 0.5) is 5.69 Å². The molecule has 0 spiro atoms. The van der Waals surface area contributed by atoms with Crippen LogP contribution in [0.1, 0.15) is 24.5 Å². The number of anilines is 1. The summed E-state index contributed by atoms with van der Waals surface area (Å²) in [7, 11) is 2.26. The maximum absolute atomic E-state index is 2.59. The smallest absolute Gasteiger partial charge is 0.0918 e. The summed E-state index contributed by atoms with van der Waals surface area (Å²) in [6.07, 6.45) is 1.73. The van der Waals surface area contributed by atoms with Gasteiger partial charge in [0.15, 0.2) is 0 Å². The molecule has 21 heavy (non-hydrogen) atoms. The first kappa shape index (κ1) is 12.9. The molecule has 1 fully saturated rings. The van der Waals surface area contributed by atoms with Crippen molar-refractivity contribution in [1.29, 1.82) is 0 Å². The van der Waals surface area contributed by atoms with Gasteiger partial charge in [-0.25, -0.2) is 0 Å². The first-order chi connectivity index (χ1) is 10.2. The van der Waals surface area contributed by atoms with E-state index in [1.54, 1.807) is 0 Å².